The van der Waals surface area contributed by atoms with Gasteiger partial charge >= 0.3 is 0 Å². The summed E-state index contributed by atoms with van der Waals surface area (Å²) in [6.07, 6.45) is 2.80. The third-order valence-electron chi connectivity index (χ3n) is 0.340. The average molecular weight is 98.1 g/mol. The van der Waals surface area contributed by atoms with E-state index in [1.54, 1.807) is 7.05 Å². The first kappa shape index (κ1) is 5.94. The summed E-state index contributed by atoms with van der Waals surface area (Å²) in [4.78, 5) is 3.56. The summed E-state index contributed by atoms with van der Waals surface area (Å²) < 4.78 is 0. The molecule has 0 radical (unpaired) electrons. The van der Waals surface area contributed by atoms with Crippen LogP contribution in [-0.2, 0) is 0 Å². The summed E-state index contributed by atoms with van der Waals surface area (Å²) in [6.45, 7) is 0. The Bertz CT molecular complexity index is 93.1. The zero-order valence-electron chi connectivity index (χ0n) is 4.00. The third-order valence-corrected chi connectivity index (χ3v) is 0.340. The Morgan fingerprint density at radius 1 is 1.43 bits per heavy atom. The number of nitrogens with zero attached hydrogens (tertiary/aromatic N) is 3. The fraction of sp³-hybridized carbons (Fsp3) is 0.333. The molecule has 0 amide bonds. The van der Waals surface area contributed by atoms with Crippen LogP contribution in [0.15, 0.2) is 15.3 Å². The van der Waals surface area contributed by atoms with Gasteiger partial charge in [-0.3, -0.25) is 4.99 Å². The molecule has 0 spiro atoms. The normalized spacial score (nSPS) is 11.0. The van der Waals surface area contributed by atoms with E-state index in [2.05, 4.69) is 15.3 Å². The summed E-state index contributed by atoms with van der Waals surface area (Å²) >= 11 is 0. The van der Waals surface area contributed by atoms with E-state index in [1.807, 2.05) is 0 Å². The van der Waals surface area contributed by atoms with E-state index in [4.69, 9.17) is 5.53 Å². The molecule has 4 nitrogen and oxygen atoms in total. The monoisotopic (exact) mass is 98.1 g/mol. The van der Waals surface area contributed by atoms with E-state index in [1.165, 1.54) is 12.4 Å². The van der Waals surface area contributed by atoms with Crippen molar-refractivity contribution in [1.29, 1.82) is 5.53 Å². The van der Waals surface area contributed by atoms with Gasteiger partial charge in [0.05, 0.1) is 6.21 Å². The predicted molar refractivity (Wildman–Crippen MR) is 28.1 cm³/mol. The molecule has 7 heavy (non-hydrogen) atoms. The molecule has 1 N–H and O–H groups in total. The molecule has 0 heterocycles. The van der Waals surface area contributed by atoms with Crippen LogP contribution in [0.2, 0.25) is 0 Å². The van der Waals surface area contributed by atoms with Crippen molar-refractivity contribution in [2.24, 2.45) is 15.3 Å². The molecule has 0 aromatic heterocycles. The lowest BCUT2D eigenvalue weighted by Crippen LogP contribution is -1.69. The second-order valence-corrected chi connectivity index (χ2v) is 0.772. The average Bonchev–Trinajstić information content (AvgIpc) is 1.69. The van der Waals surface area contributed by atoms with E-state index in [0.29, 0.717) is 0 Å². The van der Waals surface area contributed by atoms with Crippen molar-refractivity contribution < 1.29 is 0 Å². The van der Waals surface area contributed by atoms with Gasteiger partial charge in [-0.1, -0.05) is 5.22 Å². The fourth-order valence-corrected chi connectivity index (χ4v) is 0.130. The lowest BCUT2D eigenvalue weighted by Gasteiger charge is -1.64. The maximum absolute atomic E-state index is 6.15. The summed E-state index contributed by atoms with van der Waals surface area (Å²) in [7, 11) is 1.62. The summed E-state index contributed by atoms with van der Waals surface area (Å²) in [5, 5.41) is 5.88. The van der Waals surface area contributed by atoms with Crippen LogP contribution in [0, 0.1) is 5.53 Å². The van der Waals surface area contributed by atoms with Gasteiger partial charge in [0, 0.05) is 13.3 Å². The van der Waals surface area contributed by atoms with Gasteiger partial charge in [-0.2, -0.15) is 5.53 Å². The standard InChI is InChI=1S/C3H6N4/c1-5-2-3-6-7-4/h2-4H,1H3/b5-2?,6-3-,7-4?. The summed E-state index contributed by atoms with van der Waals surface area (Å²) in [6, 6.07) is 0. The molecule has 4 heteroatoms. The molecule has 0 aromatic carbocycles. The minimum Gasteiger partial charge on any atom is -0.295 e. The quantitative estimate of drug-likeness (QED) is 0.300. The molecule has 0 atom stereocenters. The minimum atomic E-state index is 1.34. The highest BCUT2D eigenvalue weighted by molar-refractivity contribution is 6.15. The number of aliphatic imine (C=N–C) groups is 1. The van der Waals surface area contributed by atoms with Gasteiger partial charge in [-0.15, -0.1) is 5.10 Å². The molecule has 0 aliphatic rings. The second kappa shape index (κ2) is 4.94. The molecule has 0 fully saturated rings. The van der Waals surface area contributed by atoms with Crippen molar-refractivity contribution in [2.75, 3.05) is 7.05 Å². The zero-order chi connectivity index (χ0) is 5.54. The number of rotatable bonds is 2. The van der Waals surface area contributed by atoms with Crippen molar-refractivity contribution >= 4 is 12.4 Å². The van der Waals surface area contributed by atoms with E-state index in [9.17, 15) is 0 Å². The van der Waals surface area contributed by atoms with Crippen LogP contribution in [0.5, 0.6) is 0 Å². The smallest absolute Gasteiger partial charge is 0.0691 e. The van der Waals surface area contributed by atoms with Crippen LogP contribution >= 0.6 is 0 Å². The van der Waals surface area contributed by atoms with E-state index >= 15 is 0 Å². The topological polar surface area (TPSA) is 60.9 Å². The van der Waals surface area contributed by atoms with Gasteiger partial charge in [0.1, 0.15) is 0 Å². The van der Waals surface area contributed by atoms with Crippen LogP contribution in [0.1, 0.15) is 0 Å². The van der Waals surface area contributed by atoms with Crippen molar-refractivity contribution in [2.45, 2.75) is 0 Å². The molecule has 0 bridgehead atoms. The number of hydrogen-bond acceptors (Lipinski definition) is 3. The van der Waals surface area contributed by atoms with E-state index < -0.39 is 0 Å². The fourth-order valence-electron chi connectivity index (χ4n) is 0.130. The third kappa shape index (κ3) is 4.94. The maximum atomic E-state index is 6.15. The van der Waals surface area contributed by atoms with Crippen molar-refractivity contribution in [3.8, 4) is 0 Å². The van der Waals surface area contributed by atoms with Gasteiger partial charge in [0.15, 0.2) is 0 Å². The van der Waals surface area contributed by atoms with Crippen LogP contribution in [0.3, 0.4) is 0 Å². The highest BCUT2D eigenvalue weighted by Crippen LogP contribution is 1.59. The Balaban J connectivity index is 3.27. The Labute approximate surface area is 41.5 Å². The zero-order valence-corrected chi connectivity index (χ0v) is 4.00. The van der Waals surface area contributed by atoms with Gasteiger partial charge in [0.25, 0.3) is 0 Å². The Hall–Kier alpha value is -1.06. The molecular weight excluding hydrogens is 92.1 g/mol. The lowest BCUT2D eigenvalue weighted by molar-refractivity contribution is 0.998. The second-order valence-electron chi connectivity index (χ2n) is 0.772. The molecule has 0 aliphatic carbocycles. The van der Waals surface area contributed by atoms with Crippen LogP contribution in [0.4, 0.5) is 0 Å². The number of nitrogens with one attached hydrogen (secondary N) is 1. The Kier molecular flexibility index (Phi) is 4.19. The summed E-state index contributed by atoms with van der Waals surface area (Å²) in [5.74, 6) is 0. The molecular formula is C3H6N4. The minimum absolute atomic E-state index is 1.34. The molecule has 0 saturated heterocycles. The van der Waals surface area contributed by atoms with Crippen molar-refractivity contribution in [3.05, 3.63) is 0 Å². The van der Waals surface area contributed by atoms with Gasteiger partial charge in [0.2, 0.25) is 0 Å². The predicted octanol–water partition coefficient (Wildman–Crippen LogP) is 0.704. The Morgan fingerprint density at radius 2 is 2.14 bits per heavy atom. The van der Waals surface area contributed by atoms with Crippen LogP contribution in [0.25, 0.3) is 0 Å². The first-order chi connectivity index (χ1) is 3.41. The lowest BCUT2D eigenvalue weighted by atomic mass is 10.8. The molecule has 0 unspecified atom stereocenters. The highest BCUT2D eigenvalue weighted by atomic mass is 15.3. The summed E-state index contributed by atoms with van der Waals surface area (Å²) in [5.41, 5.74) is 6.15. The first-order valence-corrected chi connectivity index (χ1v) is 1.72. The molecule has 38 valence electrons. The van der Waals surface area contributed by atoms with Crippen molar-refractivity contribution in [3.63, 3.8) is 0 Å². The Morgan fingerprint density at radius 3 is 2.57 bits per heavy atom. The molecule has 0 aliphatic heterocycles. The van der Waals surface area contributed by atoms with Gasteiger partial charge in [-0.05, 0) is 0 Å². The molecule has 0 saturated carbocycles. The van der Waals surface area contributed by atoms with Gasteiger partial charge in [-0.25, -0.2) is 0 Å². The highest BCUT2D eigenvalue weighted by Gasteiger charge is 1.55. The first-order valence-electron chi connectivity index (χ1n) is 1.72. The number of hydrogen-bond donors (Lipinski definition) is 1. The van der Waals surface area contributed by atoms with Crippen LogP contribution in [-0.4, -0.2) is 19.5 Å². The molecule has 0 aromatic rings. The SMILES string of the molecule is CN=C/C=N\N=N. The van der Waals surface area contributed by atoms with Crippen molar-refractivity contribution in [1.82, 2.24) is 0 Å². The maximum Gasteiger partial charge on any atom is 0.0691 e. The molecule has 0 rings (SSSR count). The van der Waals surface area contributed by atoms with Gasteiger partial charge < -0.3 is 0 Å². The largest absolute Gasteiger partial charge is 0.295 e. The van der Waals surface area contributed by atoms with E-state index in [0.717, 1.165) is 0 Å². The van der Waals surface area contributed by atoms with E-state index in [-0.39, 0.29) is 0 Å². The van der Waals surface area contributed by atoms with Crippen LogP contribution < -0.4 is 0 Å².